The van der Waals surface area contributed by atoms with Crippen LogP contribution in [0.25, 0.3) is 0 Å². The van der Waals surface area contributed by atoms with Gasteiger partial charge in [-0.05, 0) is 41.8 Å². The van der Waals surface area contributed by atoms with Crippen molar-refractivity contribution < 1.29 is 8.42 Å². The Kier molecular flexibility index (Phi) is 3.72. The van der Waals surface area contributed by atoms with E-state index in [0.717, 1.165) is 18.7 Å². The van der Waals surface area contributed by atoms with Crippen LogP contribution in [0.5, 0.6) is 0 Å². The minimum Gasteiger partial charge on any atom is -0.384 e. The standard InChI is InChI=1S/C17H19NO2S/c1-2-21(19,20)16-9-7-15(8-10-16)18-12-14-11-13-5-3-4-6-17(13)14/h3-10,14,18H,2,11-12H2,1H3. The zero-order chi connectivity index (χ0) is 14.9. The third-order valence-corrected chi connectivity index (χ3v) is 5.86. The first-order valence-electron chi connectivity index (χ1n) is 7.24. The Labute approximate surface area is 125 Å². The van der Waals surface area contributed by atoms with Gasteiger partial charge in [0.2, 0.25) is 0 Å². The van der Waals surface area contributed by atoms with Gasteiger partial charge in [0.1, 0.15) is 0 Å². The van der Waals surface area contributed by atoms with Crippen molar-refractivity contribution in [3.05, 3.63) is 59.7 Å². The largest absolute Gasteiger partial charge is 0.384 e. The molecule has 1 aliphatic carbocycles. The molecule has 1 atom stereocenters. The Morgan fingerprint density at radius 2 is 1.81 bits per heavy atom. The molecule has 2 aromatic rings. The number of benzene rings is 2. The fraction of sp³-hybridized carbons (Fsp3) is 0.294. The van der Waals surface area contributed by atoms with E-state index in [1.807, 2.05) is 12.1 Å². The smallest absolute Gasteiger partial charge is 0.178 e. The lowest BCUT2D eigenvalue weighted by Crippen LogP contribution is -2.24. The van der Waals surface area contributed by atoms with E-state index >= 15 is 0 Å². The van der Waals surface area contributed by atoms with Gasteiger partial charge in [0.25, 0.3) is 0 Å². The minimum absolute atomic E-state index is 0.138. The van der Waals surface area contributed by atoms with E-state index < -0.39 is 9.84 Å². The van der Waals surface area contributed by atoms with Crippen molar-refractivity contribution in [2.75, 3.05) is 17.6 Å². The molecule has 3 rings (SSSR count). The second-order valence-electron chi connectivity index (χ2n) is 5.41. The van der Waals surface area contributed by atoms with Gasteiger partial charge in [-0.3, -0.25) is 0 Å². The van der Waals surface area contributed by atoms with Crippen molar-refractivity contribution in [3.63, 3.8) is 0 Å². The van der Waals surface area contributed by atoms with E-state index in [9.17, 15) is 8.42 Å². The second-order valence-corrected chi connectivity index (χ2v) is 7.69. The van der Waals surface area contributed by atoms with Crippen molar-refractivity contribution in [1.29, 1.82) is 0 Å². The molecule has 0 spiro atoms. The fourth-order valence-electron chi connectivity index (χ4n) is 2.73. The molecular formula is C17H19NO2S. The molecule has 0 radical (unpaired) electrons. The van der Waals surface area contributed by atoms with E-state index in [0.29, 0.717) is 10.8 Å². The Morgan fingerprint density at radius 3 is 2.48 bits per heavy atom. The molecule has 0 aromatic heterocycles. The van der Waals surface area contributed by atoms with Crippen molar-refractivity contribution in [2.24, 2.45) is 0 Å². The average Bonchev–Trinajstić information content (AvgIpc) is 2.49. The summed E-state index contributed by atoms with van der Waals surface area (Å²) in [6, 6.07) is 15.6. The molecule has 0 bridgehead atoms. The quantitative estimate of drug-likeness (QED) is 0.922. The molecule has 0 amide bonds. The van der Waals surface area contributed by atoms with E-state index in [-0.39, 0.29) is 5.75 Å². The van der Waals surface area contributed by atoms with Gasteiger partial charge < -0.3 is 5.32 Å². The number of nitrogens with one attached hydrogen (secondary N) is 1. The van der Waals surface area contributed by atoms with Crippen LogP contribution in [0, 0.1) is 0 Å². The first-order chi connectivity index (χ1) is 10.1. The Bertz CT molecular complexity index is 736. The molecule has 0 fully saturated rings. The lowest BCUT2D eigenvalue weighted by molar-refractivity contribution is 0.597. The maximum atomic E-state index is 11.8. The van der Waals surface area contributed by atoms with Gasteiger partial charge >= 0.3 is 0 Å². The molecule has 1 unspecified atom stereocenters. The van der Waals surface area contributed by atoms with Crippen LogP contribution in [0.3, 0.4) is 0 Å². The summed E-state index contributed by atoms with van der Waals surface area (Å²) in [5, 5.41) is 3.39. The minimum atomic E-state index is -3.11. The highest BCUT2D eigenvalue weighted by Gasteiger charge is 2.24. The zero-order valence-corrected chi connectivity index (χ0v) is 12.9. The maximum Gasteiger partial charge on any atom is 0.178 e. The van der Waals surface area contributed by atoms with Crippen LogP contribution in [-0.4, -0.2) is 20.7 Å². The Balaban J connectivity index is 1.63. The molecule has 3 nitrogen and oxygen atoms in total. The zero-order valence-electron chi connectivity index (χ0n) is 12.0. The van der Waals surface area contributed by atoms with Crippen LogP contribution in [0.15, 0.2) is 53.4 Å². The average molecular weight is 301 g/mol. The number of fused-ring (bicyclic) bond motifs is 1. The molecule has 1 N–H and O–H groups in total. The summed E-state index contributed by atoms with van der Waals surface area (Å²) in [6.07, 6.45) is 1.12. The van der Waals surface area contributed by atoms with Crippen LogP contribution in [-0.2, 0) is 16.3 Å². The monoisotopic (exact) mass is 301 g/mol. The molecule has 0 aliphatic heterocycles. The van der Waals surface area contributed by atoms with E-state index in [4.69, 9.17) is 0 Å². The van der Waals surface area contributed by atoms with Gasteiger partial charge in [0.05, 0.1) is 10.6 Å². The molecule has 4 heteroatoms. The predicted molar refractivity (Wildman–Crippen MR) is 85.5 cm³/mol. The lowest BCUT2D eigenvalue weighted by atomic mass is 9.77. The first-order valence-corrected chi connectivity index (χ1v) is 8.90. The van der Waals surface area contributed by atoms with Crippen LogP contribution in [0.4, 0.5) is 5.69 Å². The van der Waals surface area contributed by atoms with Crippen LogP contribution >= 0.6 is 0 Å². The molecule has 21 heavy (non-hydrogen) atoms. The molecule has 0 saturated heterocycles. The molecule has 110 valence electrons. The van der Waals surface area contributed by atoms with Gasteiger partial charge in [0.15, 0.2) is 9.84 Å². The predicted octanol–water partition coefficient (Wildman–Crippen LogP) is 3.23. The molecule has 0 heterocycles. The van der Waals surface area contributed by atoms with Crippen molar-refractivity contribution >= 4 is 15.5 Å². The Morgan fingerprint density at radius 1 is 1.10 bits per heavy atom. The van der Waals surface area contributed by atoms with E-state index in [2.05, 4.69) is 29.6 Å². The summed E-state index contributed by atoms with van der Waals surface area (Å²) >= 11 is 0. The van der Waals surface area contributed by atoms with Gasteiger partial charge in [-0.25, -0.2) is 8.42 Å². The van der Waals surface area contributed by atoms with E-state index in [1.165, 1.54) is 11.1 Å². The maximum absolute atomic E-state index is 11.8. The van der Waals surface area contributed by atoms with Gasteiger partial charge in [-0.1, -0.05) is 31.2 Å². The number of rotatable bonds is 5. The topological polar surface area (TPSA) is 46.2 Å². The third kappa shape index (κ3) is 2.81. The van der Waals surface area contributed by atoms with Crippen molar-refractivity contribution in [2.45, 2.75) is 24.2 Å². The second kappa shape index (κ2) is 5.53. The van der Waals surface area contributed by atoms with Gasteiger partial charge in [-0.2, -0.15) is 0 Å². The number of anilines is 1. The first kappa shape index (κ1) is 14.1. The molecular weight excluding hydrogens is 282 g/mol. The lowest BCUT2D eigenvalue weighted by Gasteiger charge is -2.30. The van der Waals surface area contributed by atoms with Crippen LogP contribution < -0.4 is 5.32 Å². The SMILES string of the molecule is CCS(=O)(=O)c1ccc(NCC2Cc3ccccc32)cc1. The van der Waals surface area contributed by atoms with Crippen LogP contribution in [0.2, 0.25) is 0 Å². The summed E-state index contributed by atoms with van der Waals surface area (Å²) in [6.45, 7) is 2.55. The van der Waals surface area contributed by atoms with Gasteiger partial charge in [-0.15, -0.1) is 0 Å². The highest BCUT2D eigenvalue weighted by molar-refractivity contribution is 7.91. The Hall–Kier alpha value is -1.81. The number of sulfone groups is 1. The van der Waals surface area contributed by atoms with E-state index in [1.54, 1.807) is 19.1 Å². The normalized spacial score (nSPS) is 16.9. The van der Waals surface area contributed by atoms with Crippen molar-refractivity contribution in [3.8, 4) is 0 Å². The highest BCUT2D eigenvalue weighted by Crippen LogP contribution is 2.34. The summed E-state index contributed by atoms with van der Waals surface area (Å²) in [5.74, 6) is 0.693. The fourth-order valence-corrected chi connectivity index (χ4v) is 3.62. The van der Waals surface area contributed by atoms with Gasteiger partial charge in [0, 0.05) is 18.2 Å². The molecule has 1 aliphatic rings. The summed E-state index contributed by atoms with van der Waals surface area (Å²) < 4.78 is 23.5. The number of hydrogen-bond donors (Lipinski definition) is 1. The highest BCUT2D eigenvalue weighted by atomic mass is 32.2. The summed E-state index contributed by atoms with van der Waals surface area (Å²) in [7, 11) is -3.11. The van der Waals surface area contributed by atoms with Crippen LogP contribution in [0.1, 0.15) is 24.0 Å². The molecule has 0 saturated carbocycles. The number of hydrogen-bond acceptors (Lipinski definition) is 3. The van der Waals surface area contributed by atoms with Crippen molar-refractivity contribution in [1.82, 2.24) is 0 Å². The summed E-state index contributed by atoms with van der Waals surface area (Å²) in [4.78, 5) is 0.393. The summed E-state index contributed by atoms with van der Waals surface area (Å²) in [5.41, 5.74) is 3.83. The third-order valence-electron chi connectivity index (χ3n) is 4.11. The molecule has 2 aromatic carbocycles.